The van der Waals surface area contributed by atoms with Gasteiger partial charge in [-0.15, -0.1) is 28.3 Å². The Morgan fingerprint density at radius 3 is 2.43 bits per heavy atom. The number of hydrogen-bond donors (Lipinski definition) is 0. The van der Waals surface area contributed by atoms with Crippen LogP contribution in [0.15, 0.2) is 54.2 Å². The molecule has 1 aromatic carbocycles. The molecule has 0 unspecified atom stereocenters. The molecule has 0 spiro atoms. The second kappa shape index (κ2) is 7.23. The quantitative estimate of drug-likeness (QED) is 0.629. The summed E-state index contributed by atoms with van der Waals surface area (Å²) in [5, 5.41) is 3.14. The van der Waals surface area contributed by atoms with E-state index in [9.17, 15) is 0 Å². The van der Waals surface area contributed by atoms with Gasteiger partial charge in [0.1, 0.15) is 5.01 Å². The van der Waals surface area contributed by atoms with Gasteiger partial charge >= 0.3 is 0 Å². The van der Waals surface area contributed by atoms with Crippen molar-refractivity contribution in [1.29, 1.82) is 0 Å². The molecule has 2 aromatic heterocycles. The van der Waals surface area contributed by atoms with Gasteiger partial charge in [-0.05, 0) is 37.1 Å². The van der Waals surface area contributed by atoms with E-state index in [1.54, 1.807) is 17.5 Å². The van der Waals surface area contributed by atoms with Crippen LogP contribution in [0.5, 0.6) is 0 Å². The smallest absolute Gasteiger partial charge is 0.125 e. The predicted molar refractivity (Wildman–Crippen MR) is 103 cm³/mol. The maximum atomic E-state index is 4.74. The highest BCUT2D eigenvalue weighted by atomic mass is 79.9. The number of halogens is 1. The van der Waals surface area contributed by atoms with E-state index in [0.29, 0.717) is 0 Å². The van der Waals surface area contributed by atoms with Crippen LogP contribution in [0.2, 0.25) is 0 Å². The van der Waals surface area contributed by atoms with Crippen molar-refractivity contribution in [2.45, 2.75) is 12.8 Å². The van der Waals surface area contributed by atoms with Crippen LogP contribution in [0.3, 0.4) is 0 Å². The van der Waals surface area contributed by atoms with Gasteiger partial charge in [-0.3, -0.25) is 4.98 Å². The minimum atomic E-state index is 0. The number of pyridine rings is 1. The zero-order chi connectivity index (χ0) is 14.8. The van der Waals surface area contributed by atoms with Gasteiger partial charge in [0.2, 0.25) is 0 Å². The van der Waals surface area contributed by atoms with Crippen molar-refractivity contribution in [2.75, 3.05) is 18.0 Å². The summed E-state index contributed by atoms with van der Waals surface area (Å²) in [6.07, 6.45) is 6.26. The normalized spacial score (nSPS) is 13.8. The van der Waals surface area contributed by atoms with Crippen LogP contribution in [0.25, 0.3) is 21.8 Å². The van der Waals surface area contributed by atoms with Gasteiger partial charge in [0.05, 0.1) is 5.69 Å². The van der Waals surface area contributed by atoms with Gasteiger partial charge in [0.25, 0.3) is 0 Å². The second-order valence-corrected chi connectivity index (χ2v) is 6.38. The van der Waals surface area contributed by atoms with E-state index < -0.39 is 0 Å². The fourth-order valence-electron chi connectivity index (χ4n) is 2.85. The SMILES string of the molecule is Br.c1cncc(-c2nc(-c3ccc(N4CCCC4)cc3)cs2)c1. The summed E-state index contributed by atoms with van der Waals surface area (Å²) in [7, 11) is 0. The molecule has 23 heavy (non-hydrogen) atoms. The molecule has 0 saturated carbocycles. The molecule has 0 radical (unpaired) electrons. The van der Waals surface area contributed by atoms with E-state index in [-0.39, 0.29) is 17.0 Å². The van der Waals surface area contributed by atoms with Crippen molar-refractivity contribution < 1.29 is 0 Å². The van der Waals surface area contributed by atoms with Crippen LogP contribution in [0.4, 0.5) is 5.69 Å². The summed E-state index contributed by atoms with van der Waals surface area (Å²) in [6, 6.07) is 12.8. The first-order chi connectivity index (χ1) is 10.9. The zero-order valence-electron chi connectivity index (χ0n) is 12.7. The van der Waals surface area contributed by atoms with Crippen molar-refractivity contribution in [3.05, 3.63) is 54.2 Å². The van der Waals surface area contributed by atoms with Gasteiger partial charge in [0.15, 0.2) is 0 Å². The molecule has 5 heteroatoms. The Morgan fingerprint density at radius 1 is 0.957 bits per heavy atom. The van der Waals surface area contributed by atoms with Crippen LogP contribution in [0.1, 0.15) is 12.8 Å². The van der Waals surface area contributed by atoms with E-state index in [0.717, 1.165) is 16.3 Å². The number of benzene rings is 1. The average Bonchev–Trinajstić information content (AvgIpc) is 3.28. The molecule has 0 N–H and O–H groups in total. The van der Waals surface area contributed by atoms with E-state index in [1.165, 1.54) is 37.2 Å². The van der Waals surface area contributed by atoms with Crippen molar-refractivity contribution in [1.82, 2.24) is 9.97 Å². The first-order valence-electron chi connectivity index (χ1n) is 7.61. The molecular formula is C18H18BrN3S. The number of hydrogen-bond acceptors (Lipinski definition) is 4. The lowest BCUT2D eigenvalue weighted by Gasteiger charge is -2.17. The van der Waals surface area contributed by atoms with Gasteiger partial charge in [-0.25, -0.2) is 4.98 Å². The van der Waals surface area contributed by atoms with Gasteiger partial charge in [-0.1, -0.05) is 12.1 Å². The maximum absolute atomic E-state index is 4.74. The number of anilines is 1. The van der Waals surface area contributed by atoms with Crippen LogP contribution < -0.4 is 4.90 Å². The third kappa shape index (κ3) is 3.46. The summed E-state index contributed by atoms with van der Waals surface area (Å²) in [5.41, 5.74) is 4.61. The molecule has 0 aliphatic carbocycles. The van der Waals surface area contributed by atoms with Gasteiger partial charge in [0, 0.05) is 47.7 Å². The van der Waals surface area contributed by atoms with Crippen LogP contribution in [-0.2, 0) is 0 Å². The molecule has 118 valence electrons. The topological polar surface area (TPSA) is 29.0 Å². The Bertz CT molecular complexity index is 749. The maximum Gasteiger partial charge on any atom is 0.125 e. The summed E-state index contributed by atoms with van der Waals surface area (Å²) >= 11 is 1.67. The highest BCUT2D eigenvalue weighted by Crippen LogP contribution is 2.30. The molecule has 0 bridgehead atoms. The number of rotatable bonds is 3. The molecular weight excluding hydrogens is 370 g/mol. The molecule has 0 atom stereocenters. The number of thiazole rings is 1. The number of nitrogens with zero attached hydrogens (tertiary/aromatic N) is 3. The molecule has 4 rings (SSSR count). The first kappa shape index (κ1) is 16.1. The van der Waals surface area contributed by atoms with E-state index >= 15 is 0 Å². The van der Waals surface area contributed by atoms with Gasteiger partial charge < -0.3 is 4.90 Å². The Kier molecular flexibility index (Phi) is 5.08. The largest absolute Gasteiger partial charge is 0.372 e. The van der Waals surface area contributed by atoms with Crippen molar-refractivity contribution >= 4 is 34.0 Å². The lowest BCUT2D eigenvalue weighted by Crippen LogP contribution is -2.17. The summed E-state index contributed by atoms with van der Waals surface area (Å²) in [6.45, 7) is 2.36. The van der Waals surface area contributed by atoms with E-state index in [1.807, 2.05) is 18.3 Å². The summed E-state index contributed by atoms with van der Waals surface area (Å²) in [4.78, 5) is 11.4. The molecule has 3 nitrogen and oxygen atoms in total. The lowest BCUT2D eigenvalue weighted by atomic mass is 10.1. The van der Waals surface area contributed by atoms with Crippen molar-refractivity contribution in [2.24, 2.45) is 0 Å². The molecule has 0 amide bonds. The summed E-state index contributed by atoms with van der Waals surface area (Å²) < 4.78 is 0. The molecule has 1 aliphatic rings. The first-order valence-corrected chi connectivity index (χ1v) is 8.49. The lowest BCUT2D eigenvalue weighted by molar-refractivity contribution is 0.949. The van der Waals surface area contributed by atoms with Crippen molar-refractivity contribution in [3.8, 4) is 21.8 Å². The van der Waals surface area contributed by atoms with Crippen LogP contribution in [-0.4, -0.2) is 23.1 Å². The van der Waals surface area contributed by atoms with E-state index in [2.05, 4.69) is 39.5 Å². The molecule has 1 saturated heterocycles. The predicted octanol–water partition coefficient (Wildman–Crippen LogP) is 5.05. The summed E-state index contributed by atoms with van der Waals surface area (Å²) in [5.74, 6) is 0. The second-order valence-electron chi connectivity index (χ2n) is 5.52. The Hall–Kier alpha value is -1.72. The monoisotopic (exact) mass is 387 g/mol. The highest BCUT2D eigenvalue weighted by Gasteiger charge is 2.12. The fraction of sp³-hybridized carbons (Fsp3) is 0.222. The Balaban J connectivity index is 0.00000156. The van der Waals surface area contributed by atoms with Crippen LogP contribution >= 0.6 is 28.3 Å². The molecule has 1 aliphatic heterocycles. The Morgan fingerprint density at radius 2 is 1.74 bits per heavy atom. The van der Waals surface area contributed by atoms with E-state index in [4.69, 9.17) is 4.98 Å². The average molecular weight is 388 g/mol. The highest BCUT2D eigenvalue weighted by molar-refractivity contribution is 8.93. The zero-order valence-corrected chi connectivity index (χ0v) is 15.2. The minimum absolute atomic E-state index is 0. The third-order valence-electron chi connectivity index (χ3n) is 4.05. The van der Waals surface area contributed by atoms with Crippen molar-refractivity contribution in [3.63, 3.8) is 0 Å². The molecule has 3 heterocycles. The fourth-order valence-corrected chi connectivity index (χ4v) is 3.67. The standard InChI is InChI=1S/C18H17N3S.BrH/c1-2-11-21(10-1)16-7-5-14(6-8-16)17-13-22-18(20-17)15-4-3-9-19-12-15;/h3-9,12-13H,1-2,10-11H2;1H. The third-order valence-corrected chi connectivity index (χ3v) is 4.94. The number of aromatic nitrogens is 2. The molecule has 3 aromatic rings. The van der Waals surface area contributed by atoms with Crippen LogP contribution in [0, 0.1) is 0 Å². The minimum Gasteiger partial charge on any atom is -0.372 e. The molecule has 1 fully saturated rings. The van der Waals surface area contributed by atoms with Gasteiger partial charge in [-0.2, -0.15) is 0 Å². The Labute approximate surface area is 150 Å².